The quantitative estimate of drug-likeness (QED) is 0.774. The zero-order chi connectivity index (χ0) is 10.6. The van der Waals surface area contributed by atoms with Crippen molar-refractivity contribution in [3.8, 4) is 0 Å². The van der Waals surface area contributed by atoms with Crippen molar-refractivity contribution in [3.63, 3.8) is 0 Å². The maximum atomic E-state index is 11.4. The average molecular weight is 214 g/mol. The molecule has 0 spiro atoms. The van der Waals surface area contributed by atoms with Crippen molar-refractivity contribution in [3.05, 3.63) is 16.6 Å². The molecule has 2 N–H and O–H groups in total. The third-order valence-corrected chi connectivity index (χ3v) is 2.44. The predicted octanol–water partition coefficient (Wildman–Crippen LogP) is 0.736. The number of carboxylic acid groups (broad SMARTS) is 1. The smallest absolute Gasteiger partial charge is 0.326 e. The fraction of sp³-hybridized carbons (Fsp3) is 0.375. The normalized spacial score (nSPS) is 12.1. The number of thiazole rings is 1. The summed E-state index contributed by atoms with van der Waals surface area (Å²) in [4.78, 5) is 26.1. The number of hydrogen-bond donors (Lipinski definition) is 2. The van der Waals surface area contributed by atoms with Gasteiger partial charge in [0.15, 0.2) is 0 Å². The highest BCUT2D eigenvalue weighted by atomic mass is 32.1. The summed E-state index contributed by atoms with van der Waals surface area (Å²) in [5.41, 5.74) is 1.52. The molecule has 0 aliphatic carbocycles. The van der Waals surface area contributed by atoms with Crippen LogP contribution in [0.4, 0.5) is 0 Å². The Morgan fingerprint density at radius 3 is 2.86 bits per heavy atom. The van der Waals surface area contributed by atoms with E-state index >= 15 is 0 Å². The molecule has 0 aliphatic rings. The monoisotopic (exact) mass is 214 g/mol. The van der Waals surface area contributed by atoms with E-state index in [1.165, 1.54) is 23.0 Å². The maximum absolute atomic E-state index is 11.4. The summed E-state index contributed by atoms with van der Waals surface area (Å²) in [6.07, 6.45) is 1.77. The van der Waals surface area contributed by atoms with Crippen LogP contribution in [0, 0.1) is 0 Å². The first-order chi connectivity index (χ1) is 6.65. The molecule has 1 amide bonds. The van der Waals surface area contributed by atoms with Crippen molar-refractivity contribution in [2.75, 3.05) is 0 Å². The van der Waals surface area contributed by atoms with E-state index in [2.05, 4.69) is 10.3 Å². The van der Waals surface area contributed by atoms with Gasteiger partial charge in [0, 0.05) is 0 Å². The van der Waals surface area contributed by atoms with Crippen molar-refractivity contribution in [2.24, 2.45) is 0 Å². The molecule has 1 rings (SSSR count). The summed E-state index contributed by atoms with van der Waals surface area (Å²) in [5.74, 6) is -1.41. The van der Waals surface area contributed by atoms with Crippen molar-refractivity contribution >= 4 is 23.2 Å². The number of carboxylic acids is 1. The van der Waals surface area contributed by atoms with E-state index in [-0.39, 0.29) is 5.91 Å². The van der Waals surface area contributed by atoms with Crippen LogP contribution >= 0.6 is 11.3 Å². The van der Waals surface area contributed by atoms with Gasteiger partial charge in [-0.1, -0.05) is 6.92 Å². The number of rotatable bonds is 4. The van der Waals surface area contributed by atoms with E-state index in [4.69, 9.17) is 5.11 Å². The summed E-state index contributed by atoms with van der Waals surface area (Å²) in [7, 11) is 0. The number of nitrogens with one attached hydrogen (secondary N) is 1. The van der Waals surface area contributed by atoms with Gasteiger partial charge in [0.05, 0.1) is 11.7 Å². The maximum Gasteiger partial charge on any atom is 0.326 e. The van der Waals surface area contributed by atoms with Crippen LogP contribution in [0.2, 0.25) is 0 Å². The topological polar surface area (TPSA) is 79.3 Å². The van der Waals surface area contributed by atoms with Crippen LogP contribution in [0.25, 0.3) is 0 Å². The molecule has 1 heterocycles. The molecular formula is C8H10N2O3S. The number of carbonyl (C=O) groups is 2. The highest BCUT2D eigenvalue weighted by Crippen LogP contribution is 2.05. The molecule has 1 aromatic rings. The summed E-state index contributed by atoms with van der Waals surface area (Å²) >= 11 is 1.18. The number of aliphatic carboxylic acids is 1. The third kappa shape index (κ3) is 2.53. The second-order valence-corrected chi connectivity index (χ2v) is 3.52. The molecule has 0 radical (unpaired) electrons. The van der Waals surface area contributed by atoms with Crippen LogP contribution in [-0.4, -0.2) is 28.0 Å². The molecule has 5 nitrogen and oxygen atoms in total. The van der Waals surface area contributed by atoms with Crippen molar-refractivity contribution in [1.29, 1.82) is 0 Å². The molecule has 0 bridgehead atoms. The second-order valence-electron chi connectivity index (χ2n) is 2.64. The first kappa shape index (κ1) is 10.6. The second kappa shape index (κ2) is 4.71. The van der Waals surface area contributed by atoms with Crippen LogP contribution in [0.5, 0.6) is 0 Å². The van der Waals surface area contributed by atoms with Gasteiger partial charge in [-0.05, 0) is 6.42 Å². The SMILES string of the molecule is CCC(NC(=O)c1cncs1)C(=O)O. The summed E-state index contributed by atoms with van der Waals surface area (Å²) in [6, 6.07) is -0.829. The van der Waals surface area contributed by atoms with Crippen LogP contribution in [0.3, 0.4) is 0 Å². The van der Waals surface area contributed by atoms with Crippen molar-refractivity contribution < 1.29 is 14.7 Å². The molecule has 0 aliphatic heterocycles. The lowest BCUT2D eigenvalue weighted by molar-refractivity contribution is -0.139. The minimum Gasteiger partial charge on any atom is -0.480 e. The molecule has 6 heteroatoms. The Balaban J connectivity index is 2.60. The van der Waals surface area contributed by atoms with Gasteiger partial charge in [-0.25, -0.2) is 4.79 Å². The third-order valence-electron chi connectivity index (χ3n) is 1.67. The van der Waals surface area contributed by atoms with E-state index in [0.717, 1.165) is 0 Å². The van der Waals surface area contributed by atoms with Gasteiger partial charge in [0.25, 0.3) is 5.91 Å². The van der Waals surface area contributed by atoms with Gasteiger partial charge in [0.2, 0.25) is 0 Å². The predicted molar refractivity (Wildman–Crippen MR) is 51.3 cm³/mol. The Hall–Kier alpha value is -1.43. The zero-order valence-electron chi connectivity index (χ0n) is 7.56. The molecule has 0 saturated carbocycles. The highest BCUT2D eigenvalue weighted by molar-refractivity contribution is 7.11. The van der Waals surface area contributed by atoms with Gasteiger partial charge in [-0.15, -0.1) is 11.3 Å². The van der Waals surface area contributed by atoms with E-state index in [1.54, 1.807) is 6.92 Å². The molecule has 1 aromatic heterocycles. The Labute approximate surface area is 84.8 Å². The highest BCUT2D eigenvalue weighted by Gasteiger charge is 2.18. The molecule has 0 fully saturated rings. The van der Waals surface area contributed by atoms with Gasteiger partial charge in [-0.3, -0.25) is 9.78 Å². The zero-order valence-corrected chi connectivity index (χ0v) is 8.37. The molecule has 0 aromatic carbocycles. The number of hydrogen-bond acceptors (Lipinski definition) is 4. The van der Waals surface area contributed by atoms with E-state index in [0.29, 0.717) is 11.3 Å². The van der Waals surface area contributed by atoms with E-state index in [1.807, 2.05) is 0 Å². The largest absolute Gasteiger partial charge is 0.480 e. The molecule has 76 valence electrons. The fourth-order valence-electron chi connectivity index (χ4n) is 0.896. The first-order valence-electron chi connectivity index (χ1n) is 4.07. The van der Waals surface area contributed by atoms with Crippen LogP contribution in [-0.2, 0) is 4.79 Å². The number of carbonyl (C=O) groups excluding carboxylic acids is 1. The summed E-state index contributed by atoms with van der Waals surface area (Å²) in [5, 5.41) is 11.1. The lowest BCUT2D eigenvalue weighted by atomic mass is 10.2. The Morgan fingerprint density at radius 1 is 1.71 bits per heavy atom. The minimum absolute atomic E-state index is 0.361. The average Bonchev–Trinajstić information content (AvgIpc) is 2.65. The molecule has 14 heavy (non-hydrogen) atoms. The molecule has 0 saturated heterocycles. The Kier molecular flexibility index (Phi) is 3.58. The number of amides is 1. The summed E-state index contributed by atoms with van der Waals surface area (Å²) in [6.45, 7) is 1.70. The molecular weight excluding hydrogens is 204 g/mol. The number of aromatic nitrogens is 1. The lowest BCUT2D eigenvalue weighted by Gasteiger charge is -2.10. The van der Waals surface area contributed by atoms with Gasteiger partial charge in [0.1, 0.15) is 10.9 Å². The van der Waals surface area contributed by atoms with E-state index < -0.39 is 12.0 Å². The molecule has 1 atom stereocenters. The van der Waals surface area contributed by atoms with Gasteiger partial charge < -0.3 is 10.4 Å². The Bertz CT molecular complexity index is 323. The van der Waals surface area contributed by atoms with Gasteiger partial charge in [-0.2, -0.15) is 0 Å². The molecule has 1 unspecified atom stereocenters. The fourth-order valence-corrected chi connectivity index (χ4v) is 1.42. The van der Waals surface area contributed by atoms with Crippen molar-refractivity contribution in [1.82, 2.24) is 10.3 Å². The Morgan fingerprint density at radius 2 is 2.43 bits per heavy atom. The first-order valence-corrected chi connectivity index (χ1v) is 4.95. The standard InChI is InChI=1S/C8H10N2O3S/c1-2-5(8(12)13)10-7(11)6-3-9-4-14-6/h3-5H,2H2,1H3,(H,10,11)(H,12,13). The van der Waals surface area contributed by atoms with Gasteiger partial charge >= 0.3 is 5.97 Å². The van der Waals surface area contributed by atoms with Crippen LogP contribution < -0.4 is 5.32 Å². The summed E-state index contributed by atoms with van der Waals surface area (Å²) < 4.78 is 0. The minimum atomic E-state index is -1.02. The van der Waals surface area contributed by atoms with Crippen LogP contribution in [0.1, 0.15) is 23.0 Å². The number of nitrogens with zero attached hydrogens (tertiary/aromatic N) is 1. The lowest BCUT2D eigenvalue weighted by Crippen LogP contribution is -2.39. The van der Waals surface area contributed by atoms with Crippen LogP contribution in [0.15, 0.2) is 11.7 Å². The van der Waals surface area contributed by atoms with Crippen molar-refractivity contribution in [2.45, 2.75) is 19.4 Å². The van der Waals surface area contributed by atoms with E-state index in [9.17, 15) is 9.59 Å².